The van der Waals surface area contributed by atoms with E-state index < -0.39 is 0 Å². The van der Waals surface area contributed by atoms with Gasteiger partial charge in [0.2, 0.25) is 0 Å². The summed E-state index contributed by atoms with van der Waals surface area (Å²) in [7, 11) is 0. The Bertz CT molecular complexity index is 430. The second kappa shape index (κ2) is 7.26. The minimum absolute atomic E-state index is 0.0442. The third kappa shape index (κ3) is 3.95. The fourth-order valence-corrected chi connectivity index (χ4v) is 2.61. The maximum atomic E-state index is 8.79. The largest absolute Gasteiger partial charge is 0.409 e. The smallest absolute Gasteiger partial charge is 0.141 e. The Hall–Kier alpha value is -1.59. The first-order chi connectivity index (χ1) is 9.70. The van der Waals surface area contributed by atoms with Crippen molar-refractivity contribution in [1.82, 2.24) is 5.32 Å². The Balaban J connectivity index is 2.05. The van der Waals surface area contributed by atoms with Crippen molar-refractivity contribution in [3.05, 3.63) is 35.9 Å². The van der Waals surface area contributed by atoms with Gasteiger partial charge in [-0.1, -0.05) is 35.5 Å². The van der Waals surface area contributed by atoms with Crippen molar-refractivity contribution in [3.63, 3.8) is 0 Å². The molecule has 0 bridgehead atoms. The molecule has 0 aromatic heterocycles. The van der Waals surface area contributed by atoms with E-state index in [0.717, 1.165) is 25.2 Å². The van der Waals surface area contributed by atoms with Crippen LogP contribution in [0.25, 0.3) is 0 Å². The molecule has 1 heterocycles. The number of nitrogens with zero attached hydrogens (tertiary/aromatic N) is 1. The molecular formula is C15H23N3O2. The van der Waals surface area contributed by atoms with Crippen LogP contribution in [0.3, 0.4) is 0 Å². The Morgan fingerprint density at radius 2 is 2.25 bits per heavy atom. The van der Waals surface area contributed by atoms with Gasteiger partial charge in [0, 0.05) is 25.1 Å². The zero-order chi connectivity index (χ0) is 14.4. The van der Waals surface area contributed by atoms with Gasteiger partial charge in [0.15, 0.2) is 0 Å². The van der Waals surface area contributed by atoms with Crippen LogP contribution in [-0.2, 0) is 4.74 Å². The molecule has 0 amide bonds. The van der Waals surface area contributed by atoms with Crippen LogP contribution >= 0.6 is 0 Å². The first-order valence-electron chi connectivity index (χ1n) is 7.06. The zero-order valence-electron chi connectivity index (χ0n) is 11.8. The fraction of sp³-hybridized carbons (Fsp3) is 0.533. The number of rotatable bonds is 6. The molecule has 4 N–H and O–H groups in total. The van der Waals surface area contributed by atoms with E-state index in [1.54, 1.807) is 0 Å². The van der Waals surface area contributed by atoms with Gasteiger partial charge in [0.1, 0.15) is 5.84 Å². The van der Waals surface area contributed by atoms with Crippen molar-refractivity contribution in [2.75, 3.05) is 13.2 Å². The molecule has 0 aliphatic carbocycles. The Morgan fingerprint density at radius 3 is 2.85 bits per heavy atom. The molecule has 110 valence electrons. The van der Waals surface area contributed by atoms with Gasteiger partial charge in [0.05, 0.1) is 6.61 Å². The van der Waals surface area contributed by atoms with Crippen LogP contribution in [0.1, 0.15) is 31.4 Å². The molecule has 1 saturated heterocycles. The van der Waals surface area contributed by atoms with Gasteiger partial charge >= 0.3 is 0 Å². The molecule has 0 saturated carbocycles. The number of nitrogens with two attached hydrogens (primary N) is 1. The van der Waals surface area contributed by atoms with Crippen LogP contribution in [0.15, 0.2) is 35.5 Å². The summed E-state index contributed by atoms with van der Waals surface area (Å²) < 4.78 is 5.44. The van der Waals surface area contributed by atoms with Gasteiger partial charge in [-0.15, -0.1) is 0 Å². The van der Waals surface area contributed by atoms with E-state index in [1.807, 2.05) is 18.2 Å². The van der Waals surface area contributed by atoms with E-state index in [-0.39, 0.29) is 11.9 Å². The van der Waals surface area contributed by atoms with Crippen LogP contribution in [-0.4, -0.2) is 30.3 Å². The van der Waals surface area contributed by atoms with Gasteiger partial charge in [-0.05, 0) is 24.8 Å². The summed E-state index contributed by atoms with van der Waals surface area (Å²) >= 11 is 0. The zero-order valence-corrected chi connectivity index (χ0v) is 11.8. The van der Waals surface area contributed by atoms with Gasteiger partial charge < -0.3 is 21.0 Å². The third-order valence-corrected chi connectivity index (χ3v) is 3.88. The van der Waals surface area contributed by atoms with Crippen molar-refractivity contribution in [1.29, 1.82) is 0 Å². The fourth-order valence-electron chi connectivity index (χ4n) is 2.61. The van der Waals surface area contributed by atoms with Crippen LogP contribution < -0.4 is 11.1 Å². The predicted molar refractivity (Wildman–Crippen MR) is 78.7 cm³/mol. The number of hydrogen-bond donors (Lipinski definition) is 3. The van der Waals surface area contributed by atoms with E-state index in [2.05, 4.69) is 29.5 Å². The van der Waals surface area contributed by atoms with E-state index in [9.17, 15) is 0 Å². The molecule has 0 radical (unpaired) electrons. The Kier molecular flexibility index (Phi) is 5.38. The predicted octanol–water partition coefficient (Wildman–Crippen LogP) is 1.88. The monoisotopic (exact) mass is 277 g/mol. The van der Waals surface area contributed by atoms with Crippen LogP contribution in [0.4, 0.5) is 0 Å². The molecule has 1 fully saturated rings. The summed E-state index contributed by atoms with van der Waals surface area (Å²) in [5.41, 5.74) is 6.82. The lowest BCUT2D eigenvalue weighted by atomic mass is 9.96. The Labute approximate surface area is 119 Å². The van der Waals surface area contributed by atoms with Crippen molar-refractivity contribution in [2.24, 2.45) is 16.8 Å². The third-order valence-electron chi connectivity index (χ3n) is 3.88. The van der Waals surface area contributed by atoms with Gasteiger partial charge in [-0.3, -0.25) is 0 Å². The summed E-state index contributed by atoms with van der Waals surface area (Å²) in [6.45, 7) is 3.81. The van der Waals surface area contributed by atoms with Crippen LogP contribution in [0, 0.1) is 5.92 Å². The van der Waals surface area contributed by atoms with E-state index in [0.29, 0.717) is 18.4 Å². The first-order valence-corrected chi connectivity index (χ1v) is 7.06. The van der Waals surface area contributed by atoms with Crippen LogP contribution in [0.5, 0.6) is 0 Å². The average molecular weight is 277 g/mol. The number of oxime groups is 1. The number of amidine groups is 1. The summed E-state index contributed by atoms with van der Waals surface area (Å²) in [5.74, 6) is 0.759. The van der Waals surface area contributed by atoms with Crippen molar-refractivity contribution in [3.8, 4) is 0 Å². The molecular weight excluding hydrogens is 254 g/mol. The van der Waals surface area contributed by atoms with Crippen molar-refractivity contribution < 1.29 is 9.94 Å². The van der Waals surface area contributed by atoms with E-state index in [4.69, 9.17) is 15.7 Å². The summed E-state index contributed by atoms with van der Waals surface area (Å²) in [6.07, 6.45) is 1.57. The van der Waals surface area contributed by atoms with Gasteiger partial charge in [-0.25, -0.2) is 0 Å². The highest BCUT2D eigenvalue weighted by molar-refractivity contribution is 5.80. The quantitative estimate of drug-likeness (QED) is 0.321. The molecule has 0 spiro atoms. The summed E-state index contributed by atoms with van der Waals surface area (Å²) in [4.78, 5) is 0. The van der Waals surface area contributed by atoms with Crippen molar-refractivity contribution in [2.45, 2.75) is 31.8 Å². The highest BCUT2D eigenvalue weighted by Gasteiger charge is 2.25. The van der Waals surface area contributed by atoms with E-state index in [1.165, 1.54) is 0 Å². The SMILES string of the molecule is CC(NC(C/C(N)=N/O)c1ccccc1)C1CCOC1. The molecule has 1 aromatic rings. The number of benzene rings is 1. The number of ether oxygens (including phenoxy) is 1. The maximum Gasteiger partial charge on any atom is 0.141 e. The van der Waals surface area contributed by atoms with E-state index >= 15 is 0 Å². The lowest BCUT2D eigenvalue weighted by molar-refractivity contribution is 0.176. The van der Waals surface area contributed by atoms with Crippen LogP contribution in [0.2, 0.25) is 0 Å². The number of hydrogen-bond acceptors (Lipinski definition) is 4. The molecule has 2 rings (SSSR count). The first kappa shape index (κ1) is 14.8. The highest BCUT2D eigenvalue weighted by Crippen LogP contribution is 2.22. The molecule has 5 nitrogen and oxygen atoms in total. The molecule has 1 aliphatic heterocycles. The van der Waals surface area contributed by atoms with Gasteiger partial charge in [-0.2, -0.15) is 0 Å². The molecule has 3 unspecified atom stereocenters. The Morgan fingerprint density at radius 1 is 1.50 bits per heavy atom. The van der Waals surface area contributed by atoms with Crippen molar-refractivity contribution >= 4 is 5.84 Å². The molecule has 1 aromatic carbocycles. The average Bonchev–Trinajstić information content (AvgIpc) is 3.01. The molecule has 5 heteroatoms. The summed E-state index contributed by atoms with van der Waals surface area (Å²) in [5, 5.41) is 15.5. The normalized spacial score (nSPS) is 22.6. The minimum atomic E-state index is 0.0442. The highest BCUT2D eigenvalue weighted by atomic mass is 16.5. The number of nitrogens with one attached hydrogen (secondary N) is 1. The lowest BCUT2D eigenvalue weighted by Gasteiger charge is -2.26. The second-order valence-electron chi connectivity index (χ2n) is 5.34. The maximum absolute atomic E-state index is 8.79. The molecule has 3 atom stereocenters. The molecule has 1 aliphatic rings. The summed E-state index contributed by atoms with van der Waals surface area (Å²) in [6, 6.07) is 10.5. The second-order valence-corrected chi connectivity index (χ2v) is 5.34. The van der Waals surface area contributed by atoms with Gasteiger partial charge in [0.25, 0.3) is 0 Å². The standard InChI is InChI=1S/C15H23N3O2/c1-11(13-7-8-20-10-13)17-14(9-15(16)18-19)12-5-3-2-4-6-12/h2-6,11,13-14,17,19H,7-10H2,1H3,(H2,16,18). The minimum Gasteiger partial charge on any atom is -0.409 e. The topological polar surface area (TPSA) is 79.9 Å². The molecule has 20 heavy (non-hydrogen) atoms. The lowest BCUT2D eigenvalue weighted by Crippen LogP contribution is -2.38.